The zero-order valence-electron chi connectivity index (χ0n) is 15.9. The summed E-state index contributed by atoms with van der Waals surface area (Å²) in [7, 11) is 0. The summed E-state index contributed by atoms with van der Waals surface area (Å²) in [6.45, 7) is 0. The lowest BCUT2D eigenvalue weighted by Gasteiger charge is -2.24. The zero-order valence-corrected chi connectivity index (χ0v) is 16.7. The number of benzene rings is 2. The largest absolute Gasteiger partial charge is 0.436 e. The summed E-state index contributed by atoms with van der Waals surface area (Å²) in [5.74, 6) is -1.39. The molecule has 0 spiro atoms. The first-order valence-corrected chi connectivity index (χ1v) is 9.67. The predicted molar refractivity (Wildman–Crippen MR) is 115 cm³/mol. The Hall–Kier alpha value is -4.04. The van der Waals surface area contributed by atoms with Crippen LogP contribution in [0.15, 0.2) is 81.3 Å². The highest BCUT2D eigenvalue weighted by atomic mass is 35.5. The molecule has 0 bridgehead atoms. The van der Waals surface area contributed by atoms with Gasteiger partial charge in [0.1, 0.15) is 11.1 Å². The fraction of sp³-hybridized carbons (Fsp3) is 0.0455. The summed E-state index contributed by atoms with van der Waals surface area (Å²) < 4.78 is 12.4. The number of allylic oxidation sites excluding steroid dienone is 1. The molecule has 4 N–H and O–H groups in total. The van der Waals surface area contributed by atoms with Gasteiger partial charge in [-0.05, 0) is 35.9 Å². The van der Waals surface area contributed by atoms with E-state index in [1.165, 1.54) is 0 Å². The molecule has 0 aromatic heterocycles. The van der Waals surface area contributed by atoms with E-state index in [1.54, 1.807) is 42.5 Å². The van der Waals surface area contributed by atoms with Gasteiger partial charge in [0.2, 0.25) is 17.7 Å². The standard InChI is InChI=1S/C22H15ClN4O4/c23-13-7-5-11(6-8-13)14-10-17(31-20(25)18(14)19(24)28)27-22(29)15-9-12-3-1-2-4-16(12)30-21(15)26-27/h1-10,14H,25H2,(H2,24,28). The monoisotopic (exact) mass is 434 g/mol. The van der Waals surface area contributed by atoms with Crippen LogP contribution in [0.4, 0.5) is 0 Å². The van der Waals surface area contributed by atoms with Crippen molar-refractivity contribution in [3.8, 4) is 11.5 Å². The van der Waals surface area contributed by atoms with Crippen LogP contribution in [0.5, 0.6) is 0 Å². The van der Waals surface area contributed by atoms with E-state index < -0.39 is 17.4 Å². The van der Waals surface area contributed by atoms with Gasteiger partial charge in [0.15, 0.2) is 0 Å². The average molecular weight is 435 g/mol. The maximum Gasteiger partial charge on any atom is 0.287 e. The van der Waals surface area contributed by atoms with E-state index in [2.05, 4.69) is 5.10 Å². The normalized spacial score (nSPS) is 16.4. The number of carbonyl (C=O) groups is 1. The lowest BCUT2D eigenvalue weighted by atomic mass is 9.89. The molecule has 154 valence electrons. The number of aromatic nitrogens is 2. The molecule has 8 nitrogen and oxygen atoms in total. The van der Waals surface area contributed by atoms with Gasteiger partial charge in [0.25, 0.3) is 11.5 Å². The van der Waals surface area contributed by atoms with Crippen LogP contribution in [0, 0.1) is 0 Å². The molecule has 3 heterocycles. The average Bonchev–Trinajstić information content (AvgIpc) is 3.07. The maximum atomic E-state index is 13.0. The highest BCUT2D eigenvalue weighted by Crippen LogP contribution is 2.35. The van der Waals surface area contributed by atoms with Gasteiger partial charge < -0.3 is 20.6 Å². The van der Waals surface area contributed by atoms with Gasteiger partial charge in [0.05, 0.1) is 5.57 Å². The molecular weight excluding hydrogens is 420 g/mol. The molecule has 1 amide bonds. The van der Waals surface area contributed by atoms with E-state index in [0.717, 1.165) is 10.1 Å². The third kappa shape index (κ3) is 3.13. The van der Waals surface area contributed by atoms with Gasteiger partial charge in [-0.25, -0.2) is 0 Å². The molecule has 3 aliphatic rings. The lowest BCUT2D eigenvalue weighted by molar-refractivity contribution is -0.115. The van der Waals surface area contributed by atoms with Crippen molar-refractivity contribution in [1.29, 1.82) is 0 Å². The summed E-state index contributed by atoms with van der Waals surface area (Å²) in [6, 6.07) is 15.8. The third-order valence-electron chi connectivity index (χ3n) is 5.07. The van der Waals surface area contributed by atoms with Crippen molar-refractivity contribution in [2.45, 2.75) is 5.92 Å². The maximum absolute atomic E-state index is 13.0. The second kappa shape index (κ2) is 7.03. The molecule has 0 saturated carbocycles. The van der Waals surface area contributed by atoms with Crippen LogP contribution in [0.2, 0.25) is 5.02 Å². The first kappa shape index (κ1) is 19.0. The number of ether oxygens (including phenoxy) is 1. The molecule has 3 aliphatic heterocycles. The van der Waals surface area contributed by atoms with E-state index in [9.17, 15) is 9.59 Å². The number of hydrogen-bond acceptors (Lipinski definition) is 6. The number of para-hydroxylation sites is 1. The van der Waals surface area contributed by atoms with Crippen molar-refractivity contribution >= 4 is 34.4 Å². The Balaban J connectivity index is 1.68. The van der Waals surface area contributed by atoms with Crippen molar-refractivity contribution < 1.29 is 13.9 Å². The minimum absolute atomic E-state index is 0.0444. The Morgan fingerprint density at radius 3 is 2.61 bits per heavy atom. The minimum Gasteiger partial charge on any atom is -0.436 e. The number of halogens is 1. The Bertz CT molecular complexity index is 1430. The van der Waals surface area contributed by atoms with Gasteiger partial charge in [0, 0.05) is 16.3 Å². The molecule has 1 unspecified atom stereocenters. The van der Waals surface area contributed by atoms with Gasteiger partial charge in [-0.2, -0.15) is 4.68 Å². The first-order chi connectivity index (χ1) is 14.9. The highest BCUT2D eigenvalue weighted by molar-refractivity contribution is 6.30. The van der Waals surface area contributed by atoms with Gasteiger partial charge in [-0.1, -0.05) is 41.9 Å². The number of rotatable bonds is 3. The first-order valence-electron chi connectivity index (χ1n) is 9.29. The van der Waals surface area contributed by atoms with Crippen molar-refractivity contribution in [1.82, 2.24) is 9.78 Å². The second-order valence-electron chi connectivity index (χ2n) is 7.00. The number of carbonyl (C=O) groups excluding carboxylic acids is 1. The number of hydrogen-bond donors (Lipinski definition) is 2. The van der Waals surface area contributed by atoms with Crippen molar-refractivity contribution in [2.75, 3.05) is 0 Å². The quantitative estimate of drug-likeness (QED) is 0.510. The number of nitrogens with two attached hydrogens (primary N) is 2. The highest BCUT2D eigenvalue weighted by Gasteiger charge is 2.31. The predicted octanol–water partition coefficient (Wildman–Crippen LogP) is 3.02. The molecule has 2 aromatic carbocycles. The Morgan fingerprint density at radius 1 is 1.13 bits per heavy atom. The van der Waals surface area contributed by atoms with E-state index in [-0.39, 0.29) is 28.8 Å². The second-order valence-corrected chi connectivity index (χ2v) is 7.43. The fourth-order valence-electron chi connectivity index (χ4n) is 3.60. The lowest BCUT2D eigenvalue weighted by Crippen LogP contribution is -2.29. The molecule has 1 atom stereocenters. The van der Waals surface area contributed by atoms with Crippen LogP contribution in [0.1, 0.15) is 11.5 Å². The Morgan fingerprint density at radius 2 is 1.87 bits per heavy atom. The topological polar surface area (TPSA) is 126 Å². The number of fused-ring (bicyclic) bond motifs is 2. The fourth-order valence-corrected chi connectivity index (χ4v) is 3.72. The van der Waals surface area contributed by atoms with Crippen molar-refractivity contribution in [3.05, 3.63) is 93.1 Å². The molecule has 0 saturated heterocycles. The molecule has 5 rings (SSSR count). The van der Waals surface area contributed by atoms with Crippen LogP contribution < -0.4 is 17.0 Å². The molecular formula is C22H15ClN4O4. The van der Waals surface area contributed by atoms with Gasteiger partial charge >= 0.3 is 0 Å². The summed E-state index contributed by atoms with van der Waals surface area (Å²) in [6.07, 6.45) is 1.56. The number of amides is 1. The van der Waals surface area contributed by atoms with Crippen LogP contribution in [-0.2, 0) is 9.53 Å². The van der Waals surface area contributed by atoms with Crippen LogP contribution in [0.25, 0.3) is 28.3 Å². The zero-order chi connectivity index (χ0) is 21.7. The van der Waals surface area contributed by atoms with Gasteiger partial charge in [-0.15, -0.1) is 5.10 Å². The number of nitrogens with zero attached hydrogens (tertiary/aromatic N) is 2. The van der Waals surface area contributed by atoms with Crippen molar-refractivity contribution in [3.63, 3.8) is 0 Å². The Labute approximate surface area is 180 Å². The van der Waals surface area contributed by atoms with Gasteiger partial charge in [-0.3, -0.25) is 9.59 Å². The summed E-state index contributed by atoms with van der Waals surface area (Å²) >= 11 is 5.98. The summed E-state index contributed by atoms with van der Waals surface area (Å²) in [5.41, 5.74) is 12.8. The smallest absolute Gasteiger partial charge is 0.287 e. The van der Waals surface area contributed by atoms with Crippen LogP contribution >= 0.6 is 11.6 Å². The van der Waals surface area contributed by atoms with E-state index in [0.29, 0.717) is 16.2 Å². The van der Waals surface area contributed by atoms with E-state index in [1.807, 2.05) is 18.2 Å². The molecule has 2 aromatic rings. The SMILES string of the molecule is NC(=O)C1=C(N)OC(n2nc3oc4ccccc4cc-3c2=O)=CC1c1ccc(Cl)cc1. The Kier molecular flexibility index (Phi) is 4.30. The van der Waals surface area contributed by atoms with Crippen LogP contribution in [-0.4, -0.2) is 15.7 Å². The molecule has 0 fully saturated rings. The molecule has 0 aliphatic carbocycles. The van der Waals surface area contributed by atoms with E-state index >= 15 is 0 Å². The summed E-state index contributed by atoms with van der Waals surface area (Å²) in [5, 5.41) is 5.56. The molecule has 9 heteroatoms. The minimum atomic E-state index is -0.734. The van der Waals surface area contributed by atoms with Crippen molar-refractivity contribution in [2.24, 2.45) is 11.5 Å². The van der Waals surface area contributed by atoms with E-state index in [4.69, 9.17) is 32.2 Å². The summed E-state index contributed by atoms with van der Waals surface area (Å²) in [4.78, 5) is 25.1. The molecule has 0 radical (unpaired) electrons. The number of primary amides is 1. The van der Waals surface area contributed by atoms with Crippen LogP contribution in [0.3, 0.4) is 0 Å². The molecule has 31 heavy (non-hydrogen) atoms. The third-order valence-corrected chi connectivity index (χ3v) is 5.33.